The average Bonchev–Trinajstić information content (AvgIpc) is 2.20. The monoisotopic (exact) mass is 327 g/mol. The summed E-state index contributed by atoms with van der Waals surface area (Å²) in [5, 5.41) is 0. The lowest BCUT2D eigenvalue weighted by atomic mass is 10.1. The minimum absolute atomic E-state index is 0.167. The lowest BCUT2D eigenvalue weighted by Crippen LogP contribution is -2.08. The fraction of sp³-hybridized carbons (Fsp3) is 0.333. The molecule has 0 bridgehead atoms. The van der Waals surface area contributed by atoms with Gasteiger partial charge in [-0.25, -0.2) is 8.78 Å². The first-order chi connectivity index (χ1) is 7.04. The smallest absolute Gasteiger partial charge is 0.310 e. The van der Waals surface area contributed by atoms with E-state index in [4.69, 9.17) is 0 Å². The molecule has 0 saturated heterocycles. The zero-order valence-electron chi connectivity index (χ0n) is 7.84. The molecule has 15 heavy (non-hydrogen) atoms. The number of alkyl halides is 2. The summed E-state index contributed by atoms with van der Waals surface area (Å²) in [6, 6.07) is 1.27. The molecule has 0 aliphatic heterocycles. The van der Waals surface area contributed by atoms with Gasteiger partial charge in [0, 0.05) is 11.8 Å². The maximum atomic E-state index is 12.6. The zero-order valence-corrected chi connectivity index (χ0v) is 9.99. The summed E-state index contributed by atoms with van der Waals surface area (Å²) in [6.07, 6.45) is -1.51. The highest BCUT2D eigenvalue weighted by atomic mass is 127. The van der Waals surface area contributed by atoms with E-state index >= 15 is 0 Å². The summed E-state index contributed by atoms with van der Waals surface area (Å²) in [6.45, 7) is 0. The Labute approximate surface area is 99.0 Å². The number of nitrogens with zero attached hydrogens (tertiary/aromatic N) is 1. The summed E-state index contributed by atoms with van der Waals surface area (Å²) < 4.78 is 30.0. The van der Waals surface area contributed by atoms with Crippen LogP contribution in [0.2, 0.25) is 0 Å². The van der Waals surface area contributed by atoms with Crippen LogP contribution in [0.5, 0.6) is 0 Å². The Morgan fingerprint density at radius 2 is 2.33 bits per heavy atom. The number of carbonyl (C=O) groups is 1. The number of ether oxygens (including phenoxy) is 1. The summed E-state index contributed by atoms with van der Waals surface area (Å²) in [4.78, 5) is 14.8. The summed E-state index contributed by atoms with van der Waals surface area (Å²) in [7, 11) is 1.21. The van der Waals surface area contributed by atoms with Crippen LogP contribution in [0.4, 0.5) is 8.78 Å². The van der Waals surface area contributed by atoms with Crippen LogP contribution in [-0.2, 0) is 16.0 Å². The lowest BCUT2D eigenvalue weighted by molar-refractivity contribution is -0.139. The number of hydrogen-bond donors (Lipinski definition) is 0. The van der Waals surface area contributed by atoms with Crippen molar-refractivity contribution < 1.29 is 18.3 Å². The fourth-order valence-electron chi connectivity index (χ4n) is 1.05. The molecule has 0 spiro atoms. The Hall–Kier alpha value is -0.790. The van der Waals surface area contributed by atoms with Crippen LogP contribution < -0.4 is 0 Å². The molecule has 1 aromatic heterocycles. The van der Waals surface area contributed by atoms with Crippen LogP contribution in [0.3, 0.4) is 0 Å². The predicted molar refractivity (Wildman–Crippen MR) is 57.6 cm³/mol. The maximum Gasteiger partial charge on any atom is 0.310 e. The molecule has 1 rings (SSSR count). The predicted octanol–water partition coefficient (Wildman–Crippen LogP) is 2.34. The molecule has 0 amide bonds. The van der Waals surface area contributed by atoms with E-state index in [9.17, 15) is 13.6 Å². The first-order valence-corrected chi connectivity index (χ1v) is 5.11. The normalized spacial score (nSPS) is 10.5. The van der Waals surface area contributed by atoms with Crippen LogP contribution in [0.25, 0.3) is 0 Å². The van der Waals surface area contributed by atoms with Crippen LogP contribution in [-0.4, -0.2) is 18.1 Å². The van der Waals surface area contributed by atoms with E-state index in [1.54, 1.807) is 0 Å². The maximum absolute atomic E-state index is 12.6. The molecule has 0 unspecified atom stereocenters. The molecule has 0 aliphatic rings. The van der Waals surface area contributed by atoms with Gasteiger partial charge in [0.2, 0.25) is 0 Å². The molecule has 1 heterocycles. The van der Waals surface area contributed by atoms with Crippen molar-refractivity contribution in [3.05, 3.63) is 27.1 Å². The van der Waals surface area contributed by atoms with E-state index in [2.05, 4.69) is 9.72 Å². The van der Waals surface area contributed by atoms with Gasteiger partial charge in [0.05, 0.1) is 13.5 Å². The molecule has 82 valence electrons. The number of rotatable bonds is 3. The number of hydrogen-bond acceptors (Lipinski definition) is 3. The van der Waals surface area contributed by atoms with Gasteiger partial charge in [-0.15, -0.1) is 0 Å². The van der Waals surface area contributed by atoms with E-state index in [1.807, 2.05) is 22.6 Å². The van der Waals surface area contributed by atoms with Crippen molar-refractivity contribution in [2.75, 3.05) is 7.11 Å². The van der Waals surface area contributed by atoms with Crippen molar-refractivity contribution in [3.63, 3.8) is 0 Å². The molecule has 0 saturated carbocycles. The lowest BCUT2D eigenvalue weighted by Gasteiger charge is -2.07. The molecule has 0 radical (unpaired) electrons. The van der Waals surface area contributed by atoms with E-state index in [0.717, 1.165) is 0 Å². The Bertz CT molecular complexity index is 371. The third kappa shape index (κ3) is 3.37. The van der Waals surface area contributed by atoms with Crippen molar-refractivity contribution in [2.24, 2.45) is 0 Å². The standard InChI is InChI=1S/C9H8F2INO2/c1-15-8(14)2-5-4-13-7(12)3-6(5)9(10)11/h3-4,9H,2H2,1H3. The van der Waals surface area contributed by atoms with Gasteiger partial charge >= 0.3 is 5.97 Å². The largest absolute Gasteiger partial charge is 0.469 e. The summed E-state index contributed by atoms with van der Waals surface area (Å²) in [5.74, 6) is -0.556. The van der Waals surface area contributed by atoms with Gasteiger partial charge in [-0.2, -0.15) is 0 Å². The number of aromatic nitrogens is 1. The van der Waals surface area contributed by atoms with Gasteiger partial charge in [0.25, 0.3) is 6.43 Å². The Balaban J connectivity index is 3.00. The summed E-state index contributed by atoms with van der Waals surface area (Å²) >= 11 is 1.84. The Kier molecular flexibility index (Phi) is 4.37. The number of pyridine rings is 1. The highest BCUT2D eigenvalue weighted by Crippen LogP contribution is 2.24. The summed E-state index contributed by atoms with van der Waals surface area (Å²) in [5.41, 5.74) is 0.0390. The van der Waals surface area contributed by atoms with Crippen molar-refractivity contribution in [1.29, 1.82) is 0 Å². The molecule has 0 aliphatic carbocycles. The van der Waals surface area contributed by atoms with E-state index < -0.39 is 12.4 Å². The number of esters is 1. The molecule has 1 aromatic rings. The van der Waals surface area contributed by atoms with Gasteiger partial charge in [0.1, 0.15) is 3.70 Å². The van der Waals surface area contributed by atoms with Crippen LogP contribution in [0.15, 0.2) is 12.3 Å². The zero-order chi connectivity index (χ0) is 11.4. The highest BCUT2D eigenvalue weighted by Gasteiger charge is 2.16. The third-order valence-corrected chi connectivity index (χ3v) is 2.38. The van der Waals surface area contributed by atoms with E-state index in [1.165, 1.54) is 19.4 Å². The topological polar surface area (TPSA) is 39.2 Å². The third-order valence-electron chi connectivity index (χ3n) is 1.79. The second kappa shape index (κ2) is 5.34. The molecule has 3 nitrogen and oxygen atoms in total. The first kappa shape index (κ1) is 12.3. The molecular weight excluding hydrogens is 319 g/mol. The molecule has 0 atom stereocenters. The Morgan fingerprint density at radius 3 is 2.87 bits per heavy atom. The van der Waals surface area contributed by atoms with E-state index in [0.29, 0.717) is 3.70 Å². The van der Waals surface area contributed by atoms with Crippen LogP contribution >= 0.6 is 22.6 Å². The van der Waals surface area contributed by atoms with Crippen molar-refractivity contribution >= 4 is 28.6 Å². The minimum Gasteiger partial charge on any atom is -0.469 e. The quantitative estimate of drug-likeness (QED) is 0.486. The number of methoxy groups -OCH3 is 1. The van der Waals surface area contributed by atoms with E-state index in [-0.39, 0.29) is 17.5 Å². The minimum atomic E-state index is -2.61. The average molecular weight is 327 g/mol. The van der Waals surface area contributed by atoms with Gasteiger partial charge in [0.15, 0.2) is 0 Å². The molecule has 0 N–H and O–H groups in total. The molecule has 0 aromatic carbocycles. The van der Waals surface area contributed by atoms with Gasteiger partial charge < -0.3 is 4.74 Å². The fourth-order valence-corrected chi connectivity index (χ4v) is 1.53. The second-order valence-electron chi connectivity index (χ2n) is 2.76. The van der Waals surface area contributed by atoms with Gasteiger partial charge in [-0.05, 0) is 34.2 Å². The van der Waals surface area contributed by atoms with Crippen molar-refractivity contribution in [2.45, 2.75) is 12.8 Å². The second-order valence-corrected chi connectivity index (χ2v) is 3.86. The molecular formula is C9H8F2INO2. The molecule has 6 heteroatoms. The highest BCUT2D eigenvalue weighted by molar-refractivity contribution is 14.1. The number of halogens is 3. The van der Waals surface area contributed by atoms with Gasteiger partial charge in [-0.1, -0.05) is 0 Å². The van der Waals surface area contributed by atoms with Crippen LogP contribution in [0.1, 0.15) is 17.6 Å². The number of carbonyl (C=O) groups excluding carboxylic acids is 1. The van der Waals surface area contributed by atoms with Crippen LogP contribution in [0, 0.1) is 3.70 Å². The first-order valence-electron chi connectivity index (χ1n) is 4.04. The van der Waals surface area contributed by atoms with Crippen molar-refractivity contribution in [1.82, 2.24) is 4.98 Å². The Morgan fingerprint density at radius 1 is 1.67 bits per heavy atom. The van der Waals surface area contributed by atoms with Crippen molar-refractivity contribution in [3.8, 4) is 0 Å². The van der Waals surface area contributed by atoms with Gasteiger partial charge in [-0.3, -0.25) is 9.78 Å². The SMILES string of the molecule is COC(=O)Cc1cnc(I)cc1C(F)F. The molecule has 0 fully saturated rings.